The molecule has 2 aliphatic rings. The van der Waals surface area contributed by atoms with Gasteiger partial charge in [0.05, 0.1) is 5.75 Å². The lowest BCUT2D eigenvalue weighted by molar-refractivity contribution is -0.133. The summed E-state index contributed by atoms with van der Waals surface area (Å²) in [6, 6.07) is -0.426. The van der Waals surface area contributed by atoms with Crippen LogP contribution in [0.2, 0.25) is 0 Å². The van der Waals surface area contributed by atoms with E-state index >= 15 is 0 Å². The lowest BCUT2D eigenvalue weighted by Crippen LogP contribution is -2.56. The summed E-state index contributed by atoms with van der Waals surface area (Å²) < 4.78 is 0. The second-order valence-corrected chi connectivity index (χ2v) is 6.38. The van der Waals surface area contributed by atoms with Crippen molar-refractivity contribution in [2.24, 2.45) is 0 Å². The third-order valence-electron chi connectivity index (χ3n) is 3.85. The molecule has 20 heavy (non-hydrogen) atoms. The molecule has 0 radical (unpaired) electrons. The van der Waals surface area contributed by atoms with E-state index in [-0.39, 0.29) is 11.8 Å². The number of carbonyl (C=O) groups excluding carboxylic acids is 3. The van der Waals surface area contributed by atoms with Crippen LogP contribution in [-0.4, -0.2) is 52.9 Å². The number of thioether (sulfide) groups is 1. The summed E-state index contributed by atoms with van der Waals surface area (Å²) in [5, 5.41) is 4.97. The zero-order valence-corrected chi connectivity index (χ0v) is 12.6. The molecular weight excluding hydrogens is 278 g/mol. The number of carbonyl (C=O) groups is 3. The van der Waals surface area contributed by atoms with Crippen molar-refractivity contribution in [2.75, 3.05) is 24.6 Å². The molecule has 6 nitrogen and oxygen atoms in total. The Morgan fingerprint density at radius 1 is 1.35 bits per heavy atom. The number of unbranched alkanes of at least 4 members (excludes halogenated alkanes) is 1. The molecule has 2 aliphatic heterocycles. The molecule has 0 aromatic rings. The highest BCUT2D eigenvalue weighted by Crippen LogP contribution is 2.25. The van der Waals surface area contributed by atoms with Gasteiger partial charge in [0.25, 0.3) is 5.91 Å². The Hall–Kier alpha value is -1.24. The van der Waals surface area contributed by atoms with Crippen molar-refractivity contribution in [3.8, 4) is 0 Å². The third kappa shape index (κ3) is 3.26. The molecule has 2 fully saturated rings. The van der Waals surface area contributed by atoms with Crippen LogP contribution in [0.5, 0.6) is 0 Å². The summed E-state index contributed by atoms with van der Waals surface area (Å²) in [4.78, 5) is 36.8. The number of nitrogens with zero attached hydrogens (tertiary/aromatic N) is 1. The molecule has 0 aromatic heterocycles. The Labute approximate surface area is 123 Å². The van der Waals surface area contributed by atoms with Crippen LogP contribution in [0.3, 0.4) is 0 Å². The quantitative estimate of drug-likeness (QED) is 0.579. The van der Waals surface area contributed by atoms with E-state index in [1.54, 1.807) is 16.7 Å². The number of urea groups is 1. The second kappa shape index (κ2) is 6.47. The van der Waals surface area contributed by atoms with Crippen LogP contribution >= 0.6 is 11.8 Å². The average Bonchev–Trinajstić information content (AvgIpc) is 2.70. The number of nitrogens with one attached hydrogen (secondary N) is 2. The maximum absolute atomic E-state index is 12.0. The molecule has 2 saturated heterocycles. The van der Waals surface area contributed by atoms with E-state index < -0.39 is 11.6 Å². The number of hydrogen-bond acceptors (Lipinski definition) is 4. The molecule has 0 unspecified atom stereocenters. The summed E-state index contributed by atoms with van der Waals surface area (Å²) >= 11 is 1.66. The Morgan fingerprint density at radius 2 is 2.05 bits per heavy atom. The maximum Gasteiger partial charge on any atom is 0.322 e. The first-order valence-corrected chi connectivity index (χ1v) is 8.22. The van der Waals surface area contributed by atoms with Crippen LogP contribution < -0.4 is 10.6 Å². The van der Waals surface area contributed by atoms with Crippen LogP contribution in [0, 0.1) is 0 Å². The predicted molar refractivity (Wildman–Crippen MR) is 77.5 cm³/mol. The van der Waals surface area contributed by atoms with Crippen molar-refractivity contribution in [3.05, 3.63) is 0 Å². The van der Waals surface area contributed by atoms with Crippen molar-refractivity contribution in [3.63, 3.8) is 0 Å². The molecule has 2 rings (SSSR count). The number of rotatable bonds is 5. The molecule has 0 saturated carbocycles. The molecule has 0 aliphatic carbocycles. The lowest BCUT2D eigenvalue weighted by Gasteiger charge is -2.36. The molecule has 2 heterocycles. The minimum absolute atomic E-state index is 0.130. The van der Waals surface area contributed by atoms with Gasteiger partial charge < -0.3 is 10.2 Å². The summed E-state index contributed by atoms with van der Waals surface area (Å²) in [7, 11) is 0. The van der Waals surface area contributed by atoms with Crippen LogP contribution in [0.1, 0.15) is 32.6 Å². The highest BCUT2D eigenvalue weighted by atomic mass is 32.2. The summed E-state index contributed by atoms with van der Waals surface area (Å²) in [6.07, 6.45) is 3.27. The van der Waals surface area contributed by atoms with Crippen LogP contribution in [0.25, 0.3) is 0 Å². The van der Waals surface area contributed by atoms with Crippen LogP contribution in [0.4, 0.5) is 4.79 Å². The number of amides is 4. The van der Waals surface area contributed by atoms with Crippen LogP contribution in [-0.2, 0) is 9.59 Å². The summed E-state index contributed by atoms with van der Waals surface area (Å²) in [5.41, 5.74) is -0.788. The number of imide groups is 1. The fourth-order valence-corrected chi connectivity index (χ4v) is 3.51. The van der Waals surface area contributed by atoms with Crippen molar-refractivity contribution >= 4 is 29.6 Å². The van der Waals surface area contributed by atoms with Gasteiger partial charge in [0.2, 0.25) is 5.91 Å². The highest BCUT2D eigenvalue weighted by molar-refractivity contribution is 7.99. The summed E-state index contributed by atoms with van der Waals surface area (Å²) in [6.45, 7) is 3.19. The van der Waals surface area contributed by atoms with E-state index in [2.05, 4.69) is 17.6 Å². The number of piperidine rings is 1. The molecule has 0 aromatic carbocycles. The van der Waals surface area contributed by atoms with Gasteiger partial charge in [0, 0.05) is 13.1 Å². The van der Waals surface area contributed by atoms with Gasteiger partial charge in [0.1, 0.15) is 5.54 Å². The molecule has 4 amide bonds. The zero-order chi connectivity index (χ0) is 14.6. The first-order chi connectivity index (χ1) is 9.57. The minimum atomic E-state index is -0.788. The topological polar surface area (TPSA) is 78.5 Å². The van der Waals surface area contributed by atoms with Crippen molar-refractivity contribution in [1.82, 2.24) is 15.5 Å². The van der Waals surface area contributed by atoms with Crippen molar-refractivity contribution in [1.29, 1.82) is 0 Å². The smallest absolute Gasteiger partial charge is 0.322 e. The molecule has 1 spiro atoms. The van der Waals surface area contributed by atoms with Gasteiger partial charge >= 0.3 is 6.03 Å². The fourth-order valence-electron chi connectivity index (χ4n) is 2.52. The second-order valence-electron chi connectivity index (χ2n) is 5.28. The van der Waals surface area contributed by atoms with Gasteiger partial charge in [0.15, 0.2) is 0 Å². The van der Waals surface area contributed by atoms with Gasteiger partial charge in [-0.25, -0.2) is 4.79 Å². The van der Waals surface area contributed by atoms with Crippen molar-refractivity contribution in [2.45, 2.75) is 38.1 Å². The zero-order valence-electron chi connectivity index (χ0n) is 11.7. The molecule has 2 N–H and O–H groups in total. The first kappa shape index (κ1) is 15.2. The van der Waals surface area contributed by atoms with Crippen molar-refractivity contribution < 1.29 is 14.4 Å². The Balaban J connectivity index is 1.78. The fraction of sp³-hybridized carbons (Fsp3) is 0.769. The predicted octanol–water partition coefficient (Wildman–Crippen LogP) is 0.720. The average molecular weight is 299 g/mol. The SMILES string of the molecule is CCCCSCC(=O)N1CCC2(CC1)NC(=O)NC2=O. The van der Waals surface area contributed by atoms with Gasteiger partial charge in [-0.2, -0.15) is 11.8 Å². The Morgan fingerprint density at radius 3 is 2.60 bits per heavy atom. The molecule has 0 atom stereocenters. The van der Waals surface area contributed by atoms with E-state index in [0.717, 1.165) is 18.6 Å². The van der Waals surface area contributed by atoms with E-state index in [1.165, 1.54) is 0 Å². The number of likely N-dealkylation sites (tertiary alicyclic amines) is 1. The Bertz CT molecular complexity index is 406. The molecule has 112 valence electrons. The molecular formula is C13H21N3O3S. The first-order valence-electron chi connectivity index (χ1n) is 7.06. The van der Waals surface area contributed by atoms with Gasteiger partial charge in [-0.15, -0.1) is 0 Å². The summed E-state index contributed by atoms with van der Waals surface area (Å²) in [5.74, 6) is 1.39. The van der Waals surface area contributed by atoms with E-state index in [0.29, 0.717) is 31.7 Å². The maximum atomic E-state index is 12.0. The standard InChI is InChI=1S/C13H21N3O3S/c1-2-3-8-20-9-10(17)16-6-4-13(5-7-16)11(18)14-12(19)15-13/h2-9H2,1H3,(H2,14,15,18,19). The number of hydrogen-bond donors (Lipinski definition) is 2. The largest absolute Gasteiger partial charge is 0.342 e. The third-order valence-corrected chi connectivity index (χ3v) is 4.88. The minimum Gasteiger partial charge on any atom is -0.342 e. The lowest BCUT2D eigenvalue weighted by atomic mass is 9.88. The van der Waals surface area contributed by atoms with Gasteiger partial charge in [-0.05, 0) is 25.0 Å². The van der Waals surface area contributed by atoms with Crippen LogP contribution in [0.15, 0.2) is 0 Å². The highest BCUT2D eigenvalue weighted by Gasteiger charge is 2.48. The van der Waals surface area contributed by atoms with E-state index in [9.17, 15) is 14.4 Å². The normalized spacial score (nSPS) is 20.9. The van der Waals surface area contributed by atoms with E-state index in [1.807, 2.05) is 0 Å². The van der Waals surface area contributed by atoms with Gasteiger partial charge in [-0.1, -0.05) is 13.3 Å². The molecule has 0 bridgehead atoms. The van der Waals surface area contributed by atoms with E-state index in [4.69, 9.17) is 0 Å². The molecule has 7 heteroatoms. The Kier molecular flexibility index (Phi) is 4.91. The van der Waals surface area contributed by atoms with Gasteiger partial charge in [-0.3, -0.25) is 14.9 Å². The monoisotopic (exact) mass is 299 g/mol.